The van der Waals surface area contributed by atoms with Crippen LogP contribution < -0.4 is 10.2 Å². The Labute approximate surface area is 103 Å². The van der Waals surface area contributed by atoms with Gasteiger partial charge >= 0.3 is 0 Å². The Balaban J connectivity index is 2.03. The van der Waals surface area contributed by atoms with Gasteiger partial charge in [-0.05, 0) is 50.9 Å². The SMILES string of the molecule is CCN(CC1CCNCC1)c1ccccc1F. The van der Waals surface area contributed by atoms with Crippen molar-refractivity contribution in [3.8, 4) is 0 Å². The summed E-state index contributed by atoms with van der Waals surface area (Å²) >= 11 is 0. The van der Waals surface area contributed by atoms with Gasteiger partial charge in [-0.2, -0.15) is 0 Å². The number of benzene rings is 1. The van der Waals surface area contributed by atoms with Crippen LogP contribution in [0.2, 0.25) is 0 Å². The van der Waals surface area contributed by atoms with Gasteiger partial charge in [0, 0.05) is 13.1 Å². The van der Waals surface area contributed by atoms with Crippen molar-refractivity contribution in [1.82, 2.24) is 5.32 Å². The van der Waals surface area contributed by atoms with Crippen molar-refractivity contribution in [2.75, 3.05) is 31.1 Å². The van der Waals surface area contributed by atoms with Crippen LogP contribution in [0.3, 0.4) is 0 Å². The average molecular weight is 236 g/mol. The van der Waals surface area contributed by atoms with Crippen molar-refractivity contribution in [2.45, 2.75) is 19.8 Å². The van der Waals surface area contributed by atoms with Crippen molar-refractivity contribution in [3.63, 3.8) is 0 Å². The fourth-order valence-electron chi connectivity index (χ4n) is 2.48. The number of piperidine rings is 1. The predicted octanol–water partition coefficient (Wildman–Crippen LogP) is 2.65. The molecule has 1 N–H and O–H groups in total. The lowest BCUT2D eigenvalue weighted by Gasteiger charge is -2.31. The average Bonchev–Trinajstić information content (AvgIpc) is 2.38. The molecule has 94 valence electrons. The van der Waals surface area contributed by atoms with Crippen LogP contribution in [-0.4, -0.2) is 26.2 Å². The Bertz CT molecular complexity index is 348. The highest BCUT2D eigenvalue weighted by Crippen LogP contribution is 2.22. The highest BCUT2D eigenvalue weighted by atomic mass is 19.1. The molecule has 0 atom stereocenters. The van der Waals surface area contributed by atoms with Crippen molar-refractivity contribution in [2.24, 2.45) is 5.92 Å². The van der Waals surface area contributed by atoms with Gasteiger partial charge in [-0.1, -0.05) is 12.1 Å². The number of nitrogens with one attached hydrogen (secondary N) is 1. The van der Waals surface area contributed by atoms with E-state index in [1.54, 1.807) is 12.1 Å². The number of nitrogens with zero attached hydrogens (tertiary/aromatic N) is 1. The van der Waals surface area contributed by atoms with E-state index >= 15 is 0 Å². The van der Waals surface area contributed by atoms with Gasteiger partial charge in [-0.25, -0.2) is 4.39 Å². The molecule has 0 amide bonds. The maximum absolute atomic E-state index is 13.7. The number of halogens is 1. The third-order valence-corrected chi connectivity index (χ3v) is 3.51. The minimum Gasteiger partial charge on any atom is -0.369 e. The molecule has 1 aliphatic heterocycles. The molecule has 17 heavy (non-hydrogen) atoms. The molecule has 0 radical (unpaired) electrons. The summed E-state index contributed by atoms with van der Waals surface area (Å²) in [6.07, 6.45) is 2.40. The maximum Gasteiger partial charge on any atom is 0.146 e. The molecule has 1 heterocycles. The molecule has 1 fully saturated rings. The van der Waals surface area contributed by atoms with Crippen LogP contribution in [0.4, 0.5) is 10.1 Å². The summed E-state index contributed by atoms with van der Waals surface area (Å²) in [6.45, 7) is 6.12. The number of para-hydroxylation sites is 1. The molecule has 0 aromatic heterocycles. The molecule has 1 aromatic carbocycles. The van der Waals surface area contributed by atoms with Crippen LogP contribution in [0, 0.1) is 11.7 Å². The van der Waals surface area contributed by atoms with Gasteiger partial charge in [0.1, 0.15) is 5.82 Å². The van der Waals surface area contributed by atoms with Gasteiger partial charge in [-0.15, -0.1) is 0 Å². The molecule has 1 aliphatic rings. The third kappa shape index (κ3) is 3.19. The molecule has 0 aliphatic carbocycles. The molecule has 0 bridgehead atoms. The molecule has 2 rings (SSSR count). The van der Waals surface area contributed by atoms with E-state index < -0.39 is 0 Å². The van der Waals surface area contributed by atoms with Crippen molar-refractivity contribution >= 4 is 5.69 Å². The van der Waals surface area contributed by atoms with Gasteiger partial charge in [0.2, 0.25) is 0 Å². The van der Waals surface area contributed by atoms with Crippen molar-refractivity contribution in [1.29, 1.82) is 0 Å². The fraction of sp³-hybridized carbons (Fsp3) is 0.571. The van der Waals surface area contributed by atoms with Crippen LogP contribution in [0.25, 0.3) is 0 Å². The van der Waals surface area contributed by atoms with E-state index in [1.165, 1.54) is 12.8 Å². The van der Waals surface area contributed by atoms with Gasteiger partial charge < -0.3 is 10.2 Å². The fourth-order valence-corrected chi connectivity index (χ4v) is 2.48. The van der Waals surface area contributed by atoms with E-state index in [0.29, 0.717) is 5.92 Å². The lowest BCUT2D eigenvalue weighted by Crippen LogP contribution is -2.36. The van der Waals surface area contributed by atoms with Crippen LogP contribution >= 0.6 is 0 Å². The Hall–Kier alpha value is -1.09. The molecule has 1 aromatic rings. The molecule has 0 spiro atoms. The summed E-state index contributed by atoms with van der Waals surface area (Å²) in [5.74, 6) is 0.582. The van der Waals surface area contributed by atoms with Crippen molar-refractivity contribution < 1.29 is 4.39 Å². The second-order valence-electron chi connectivity index (χ2n) is 4.68. The predicted molar refractivity (Wildman–Crippen MR) is 69.9 cm³/mol. The minimum atomic E-state index is -0.108. The summed E-state index contributed by atoms with van der Waals surface area (Å²) in [5.41, 5.74) is 0.744. The van der Waals surface area contributed by atoms with Gasteiger partial charge in [0.05, 0.1) is 5.69 Å². The molecule has 3 heteroatoms. The smallest absolute Gasteiger partial charge is 0.146 e. The summed E-state index contributed by atoms with van der Waals surface area (Å²) in [4.78, 5) is 2.16. The van der Waals surface area contributed by atoms with Crippen LogP contribution in [0.15, 0.2) is 24.3 Å². The largest absolute Gasteiger partial charge is 0.369 e. The van der Waals surface area contributed by atoms with Crippen LogP contribution in [0.5, 0.6) is 0 Å². The second-order valence-corrected chi connectivity index (χ2v) is 4.68. The first-order valence-electron chi connectivity index (χ1n) is 6.51. The Morgan fingerprint density at radius 1 is 1.29 bits per heavy atom. The summed E-state index contributed by atoms with van der Waals surface area (Å²) < 4.78 is 13.7. The molecule has 2 nitrogen and oxygen atoms in total. The quantitative estimate of drug-likeness (QED) is 0.864. The van der Waals surface area contributed by atoms with E-state index in [2.05, 4.69) is 17.1 Å². The third-order valence-electron chi connectivity index (χ3n) is 3.51. The molecular formula is C14H21FN2. The lowest BCUT2D eigenvalue weighted by atomic mass is 9.97. The number of rotatable bonds is 4. The van der Waals surface area contributed by atoms with E-state index in [0.717, 1.165) is 31.9 Å². The normalized spacial score (nSPS) is 17.1. The zero-order chi connectivity index (χ0) is 12.1. The van der Waals surface area contributed by atoms with E-state index in [9.17, 15) is 4.39 Å². The Kier molecular flexibility index (Phi) is 4.37. The first-order chi connectivity index (χ1) is 8.31. The second kappa shape index (κ2) is 6.01. The van der Waals surface area contributed by atoms with Gasteiger partial charge in [-0.3, -0.25) is 0 Å². The molecule has 1 saturated heterocycles. The van der Waals surface area contributed by atoms with E-state index in [-0.39, 0.29) is 5.82 Å². The number of anilines is 1. The summed E-state index contributed by atoms with van der Waals surface area (Å²) in [7, 11) is 0. The van der Waals surface area contributed by atoms with Crippen molar-refractivity contribution in [3.05, 3.63) is 30.1 Å². The number of hydrogen-bond acceptors (Lipinski definition) is 2. The summed E-state index contributed by atoms with van der Waals surface area (Å²) in [6, 6.07) is 7.07. The monoisotopic (exact) mass is 236 g/mol. The summed E-state index contributed by atoms with van der Waals surface area (Å²) in [5, 5.41) is 3.36. The Morgan fingerprint density at radius 2 is 2.00 bits per heavy atom. The molecule has 0 saturated carbocycles. The maximum atomic E-state index is 13.7. The zero-order valence-corrected chi connectivity index (χ0v) is 10.5. The first kappa shape index (κ1) is 12.4. The van der Waals surface area contributed by atoms with Crippen LogP contribution in [-0.2, 0) is 0 Å². The lowest BCUT2D eigenvalue weighted by molar-refractivity contribution is 0.373. The van der Waals surface area contributed by atoms with Gasteiger partial charge in [0.25, 0.3) is 0 Å². The first-order valence-corrected chi connectivity index (χ1v) is 6.51. The molecular weight excluding hydrogens is 215 g/mol. The topological polar surface area (TPSA) is 15.3 Å². The highest BCUT2D eigenvalue weighted by molar-refractivity contribution is 5.47. The zero-order valence-electron chi connectivity index (χ0n) is 10.5. The standard InChI is InChI=1S/C14H21FN2/c1-2-17(11-12-7-9-16-10-8-12)14-6-4-3-5-13(14)15/h3-6,12,16H,2,7-11H2,1H3. The van der Waals surface area contributed by atoms with E-state index in [1.807, 2.05) is 12.1 Å². The van der Waals surface area contributed by atoms with Gasteiger partial charge in [0.15, 0.2) is 0 Å². The Morgan fingerprint density at radius 3 is 2.65 bits per heavy atom. The minimum absolute atomic E-state index is 0.108. The van der Waals surface area contributed by atoms with Crippen LogP contribution in [0.1, 0.15) is 19.8 Å². The van der Waals surface area contributed by atoms with E-state index in [4.69, 9.17) is 0 Å². The highest BCUT2D eigenvalue weighted by Gasteiger charge is 2.17. The molecule has 0 unspecified atom stereocenters. The number of hydrogen-bond donors (Lipinski definition) is 1.